The van der Waals surface area contributed by atoms with Gasteiger partial charge >= 0.3 is 19.8 Å². The van der Waals surface area contributed by atoms with Crippen molar-refractivity contribution in [1.29, 1.82) is 0 Å². The molecule has 0 aromatic heterocycles. The van der Waals surface area contributed by atoms with Crippen molar-refractivity contribution < 1.29 is 47.8 Å². The Bertz CT molecular complexity index is 884. The van der Waals surface area contributed by atoms with Crippen molar-refractivity contribution in [2.24, 2.45) is 0 Å². The highest BCUT2D eigenvalue weighted by Gasteiger charge is 2.27. The van der Waals surface area contributed by atoms with Gasteiger partial charge in [-0.15, -0.1) is 0 Å². The van der Waals surface area contributed by atoms with Crippen LogP contribution in [0.1, 0.15) is 110 Å². The Balaban J connectivity index is 4.51. The molecule has 11 heteroatoms. The summed E-state index contributed by atoms with van der Waals surface area (Å²) < 4.78 is 32.2. The summed E-state index contributed by atoms with van der Waals surface area (Å²) in [6.07, 6.45) is 27.0. The van der Waals surface area contributed by atoms with Gasteiger partial charge in [0.25, 0.3) is 0 Å². The molecule has 3 atom stereocenters. The first-order valence-electron chi connectivity index (χ1n) is 16.1. The van der Waals surface area contributed by atoms with Crippen LogP contribution in [0.3, 0.4) is 0 Å². The summed E-state index contributed by atoms with van der Waals surface area (Å²) in [6, 6.07) is 0. The van der Waals surface area contributed by atoms with Gasteiger partial charge in [-0.05, 0) is 51.4 Å². The zero-order valence-corrected chi connectivity index (χ0v) is 27.7. The van der Waals surface area contributed by atoms with Gasteiger partial charge in [-0.1, -0.05) is 94.6 Å². The van der Waals surface area contributed by atoms with E-state index >= 15 is 0 Å². The predicted molar refractivity (Wildman–Crippen MR) is 173 cm³/mol. The molecular formula is C33H57O10P. The molecule has 0 rings (SSSR count). The number of phosphoric acid groups is 1. The molecule has 44 heavy (non-hydrogen) atoms. The lowest BCUT2D eigenvalue weighted by Gasteiger charge is -2.20. The van der Waals surface area contributed by atoms with Crippen LogP contribution >= 0.6 is 7.82 Å². The van der Waals surface area contributed by atoms with Crippen LogP contribution in [0.2, 0.25) is 0 Å². The molecule has 0 aliphatic rings. The number of carbonyl (C=O) groups is 2. The van der Waals surface area contributed by atoms with Gasteiger partial charge in [-0.25, -0.2) is 4.57 Å². The Morgan fingerprint density at radius 2 is 1.25 bits per heavy atom. The van der Waals surface area contributed by atoms with Crippen LogP contribution in [0.25, 0.3) is 0 Å². The van der Waals surface area contributed by atoms with Gasteiger partial charge in [0.05, 0.1) is 19.8 Å². The van der Waals surface area contributed by atoms with Gasteiger partial charge < -0.3 is 24.6 Å². The first kappa shape index (κ1) is 41.9. The summed E-state index contributed by atoms with van der Waals surface area (Å²) in [4.78, 5) is 34.4. The Kier molecular flexibility index (Phi) is 28.2. The Morgan fingerprint density at radius 3 is 1.89 bits per heavy atom. The lowest BCUT2D eigenvalue weighted by Crippen LogP contribution is -2.29. The third kappa shape index (κ3) is 28.7. The van der Waals surface area contributed by atoms with Crippen molar-refractivity contribution >= 4 is 19.8 Å². The number of ether oxygens (including phenoxy) is 2. The van der Waals surface area contributed by atoms with Crippen molar-refractivity contribution in [1.82, 2.24) is 0 Å². The van der Waals surface area contributed by atoms with E-state index in [9.17, 15) is 24.2 Å². The topological polar surface area (TPSA) is 149 Å². The number of rotatable bonds is 29. The van der Waals surface area contributed by atoms with E-state index < -0.39 is 51.8 Å². The smallest absolute Gasteiger partial charge is 0.462 e. The molecule has 0 aromatic carbocycles. The van der Waals surface area contributed by atoms with Crippen molar-refractivity contribution in [3.63, 3.8) is 0 Å². The van der Waals surface area contributed by atoms with Crippen molar-refractivity contribution in [3.05, 3.63) is 48.6 Å². The number of unbranched alkanes of at least 4 members (excludes halogenated alkanes) is 7. The number of aliphatic hydroxyl groups is 2. The van der Waals surface area contributed by atoms with Gasteiger partial charge in [0.2, 0.25) is 0 Å². The average Bonchev–Trinajstić information content (AvgIpc) is 3.01. The molecule has 0 bridgehead atoms. The van der Waals surface area contributed by atoms with Crippen molar-refractivity contribution in [2.45, 2.75) is 122 Å². The van der Waals surface area contributed by atoms with Crippen LogP contribution in [0.15, 0.2) is 48.6 Å². The van der Waals surface area contributed by atoms with Gasteiger partial charge in [0.1, 0.15) is 12.7 Å². The molecule has 3 N–H and O–H groups in total. The SMILES string of the molecule is CC/C=C\C/C=C\C/C=C\C/C=C\CCCCC(=O)OC(COC(=O)CCCCCCCC)COP(=O)(O)OCC(O)CO. The van der Waals surface area contributed by atoms with Gasteiger partial charge in [-0.3, -0.25) is 18.6 Å². The van der Waals surface area contributed by atoms with Crippen molar-refractivity contribution in [2.75, 3.05) is 26.4 Å². The van der Waals surface area contributed by atoms with E-state index in [0.717, 1.165) is 64.2 Å². The summed E-state index contributed by atoms with van der Waals surface area (Å²) in [7, 11) is -4.61. The molecular weight excluding hydrogens is 587 g/mol. The van der Waals surface area contributed by atoms with Gasteiger partial charge in [0.15, 0.2) is 6.10 Å². The average molecular weight is 645 g/mol. The summed E-state index contributed by atoms with van der Waals surface area (Å²) in [5, 5.41) is 18.2. The minimum atomic E-state index is -4.61. The van der Waals surface area contributed by atoms with E-state index in [4.69, 9.17) is 19.1 Å². The standard InChI is InChI=1S/C33H57O10P/c1-3-5-7-9-11-12-13-14-15-16-17-18-19-21-23-25-33(37)43-31(29-42-44(38,39)41-27-30(35)26-34)28-40-32(36)24-22-20-10-8-6-4-2/h5,7,11-12,14-15,17-18,30-31,34-35H,3-4,6,8-10,13,16,19-29H2,1-2H3,(H,38,39)/b7-5-,12-11-,15-14-,18-17-. The second-order valence-corrected chi connectivity index (χ2v) is 11.9. The van der Waals surface area contributed by atoms with E-state index in [0.29, 0.717) is 12.8 Å². The number of aliphatic hydroxyl groups excluding tert-OH is 2. The molecule has 10 nitrogen and oxygen atoms in total. The number of allylic oxidation sites excluding steroid dienone is 8. The minimum absolute atomic E-state index is 0.131. The van der Waals surface area contributed by atoms with E-state index in [2.05, 4.69) is 67.0 Å². The van der Waals surface area contributed by atoms with Crippen LogP contribution in [-0.4, -0.2) is 65.7 Å². The highest BCUT2D eigenvalue weighted by Crippen LogP contribution is 2.43. The number of carbonyl (C=O) groups excluding carboxylic acids is 2. The van der Waals surface area contributed by atoms with E-state index in [1.807, 2.05) is 0 Å². The number of esters is 2. The van der Waals surface area contributed by atoms with Crippen LogP contribution in [0.4, 0.5) is 0 Å². The zero-order valence-electron chi connectivity index (χ0n) is 26.9. The monoisotopic (exact) mass is 644 g/mol. The minimum Gasteiger partial charge on any atom is -0.462 e. The molecule has 0 spiro atoms. The molecule has 0 saturated heterocycles. The fourth-order valence-electron chi connectivity index (χ4n) is 3.75. The lowest BCUT2D eigenvalue weighted by molar-refractivity contribution is -0.161. The van der Waals surface area contributed by atoms with E-state index in [1.165, 1.54) is 6.42 Å². The molecule has 0 aliphatic carbocycles. The van der Waals surface area contributed by atoms with Gasteiger partial charge in [-0.2, -0.15) is 0 Å². The van der Waals surface area contributed by atoms with Crippen LogP contribution < -0.4 is 0 Å². The second-order valence-electron chi connectivity index (χ2n) is 10.5. The Morgan fingerprint density at radius 1 is 0.705 bits per heavy atom. The highest BCUT2D eigenvalue weighted by atomic mass is 31.2. The third-order valence-electron chi connectivity index (χ3n) is 6.25. The number of hydrogen-bond acceptors (Lipinski definition) is 9. The van der Waals surface area contributed by atoms with E-state index in [1.54, 1.807) is 0 Å². The first-order chi connectivity index (χ1) is 21.2. The fraction of sp³-hybridized carbons (Fsp3) is 0.697. The normalized spacial score (nSPS) is 14.9. The van der Waals surface area contributed by atoms with E-state index in [-0.39, 0.29) is 19.4 Å². The summed E-state index contributed by atoms with van der Waals surface area (Å²) in [6.45, 7) is 2.09. The Labute approximate surface area is 264 Å². The predicted octanol–water partition coefficient (Wildman–Crippen LogP) is 7.04. The summed E-state index contributed by atoms with van der Waals surface area (Å²) in [5.41, 5.74) is 0. The van der Waals surface area contributed by atoms with Crippen molar-refractivity contribution in [3.8, 4) is 0 Å². The largest absolute Gasteiger partial charge is 0.472 e. The molecule has 0 heterocycles. The summed E-state index contributed by atoms with van der Waals surface area (Å²) >= 11 is 0. The molecule has 0 fully saturated rings. The molecule has 0 radical (unpaired) electrons. The second kappa shape index (κ2) is 29.6. The highest BCUT2D eigenvalue weighted by molar-refractivity contribution is 7.47. The number of phosphoric ester groups is 1. The number of hydrogen-bond donors (Lipinski definition) is 3. The first-order valence-corrected chi connectivity index (χ1v) is 17.6. The molecule has 0 aliphatic heterocycles. The molecule has 0 aromatic rings. The molecule has 0 amide bonds. The molecule has 3 unspecified atom stereocenters. The molecule has 254 valence electrons. The van der Waals surface area contributed by atoms with Crippen LogP contribution in [0, 0.1) is 0 Å². The maximum atomic E-state index is 12.4. The quantitative estimate of drug-likeness (QED) is 0.0335. The molecule has 0 saturated carbocycles. The van der Waals surface area contributed by atoms with Crippen LogP contribution in [-0.2, 0) is 32.7 Å². The maximum Gasteiger partial charge on any atom is 0.472 e. The lowest BCUT2D eigenvalue weighted by atomic mass is 10.1. The zero-order chi connectivity index (χ0) is 32.7. The fourth-order valence-corrected chi connectivity index (χ4v) is 4.53. The maximum absolute atomic E-state index is 12.4. The Hall–Kier alpha value is -2.07. The third-order valence-corrected chi connectivity index (χ3v) is 7.20. The van der Waals surface area contributed by atoms with Crippen LogP contribution in [0.5, 0.6) is 0 Å². The van der Waals surface area contributed by atoms with Gasteiger partial charge in [0, 0.05) is 12.8 Å². The summed E-state index contributed by atoms with van der Waals surface area (Å²) in [5.74, 6) is -0.992.